The second kappa shape index (κ2) is 3.94. The molecule has 2 heterocycles. The van der Waals surface area contributed by atoms with E-state index in [0.29, 0.717) is 5.92 Å². The minimum absolute atomic E-state index is 0.111. The van der Waals surface area contributed by atoms with Crippen LogP contribution in [0.15, 0.2) is 0 Å². The summed E-state index contributed by atoms with van der Waals surface area (Å²) in [6.07, 6.45) is 0.947. The second-order valence-electron chi connectivity index (χ2n) is 7.72. The molecule has 0 saturated carbocycles. The summed E-state index contributed by atoms with van der Waals surface area (Å²) in [7, 11) is 0. The maximum Gasteiger partial charge on any atom is 0.112 e. The molecule has 3 nitrogen and oxygen atoms in total. The smallest absolute Gasteiger partial charge is 0.112 e. The molecule has 3 heteroatoms. The minimum Gasteiger partial charge on any atom is -0.367 e. The lowest BCUT2D eigenvalue weighted by atomic mass is 9.78. The highest BCUT2D eigenvalue weighted by Crippen LogP contribution is 2.50. The zero-order valence-electron chi connectivity index (χ0n) is 13.0. The number of hydrogen-bond acceptors (Lipinski definition) is 3. The van der Waals surface area contributed by atoms with Gasteiger partial charge in [0.15, 0.2) is 0 Å². The van der Waals surface area contributed by atoms with E-state index in [-0.39, 0.29) is 22.4 Å². The van der Waals surface area contributed by atoms with Gasteiger partial charge in [0.2, 0.25) is 0 Å². The summed E-state index contributed by atoms with van der Waals surface area (Å²) in [5.41, 5.74) is -0.687. The van der Waals surface area contributed by atoms with E-state index in [2.05, 4.69) is 53.8 Å². The molecular weight excluding hydrogens is 226 g/mol. The number of morpholine rings is 1. The molecule has 2 rings (SSSR count). The van der Waals surface area contributed by atoms with Crippen LogP contribution >= 0.6 is 0 Å². The molecule has 106 valence electrons. The molecule has 0 bridgehead atoms. The van der Waals surface area contributed by atoms with Crippen molar-refractivity contribution in [3.63, 3.8) is 0 Å². The van der Waals surface area contributed by atoms with Crippen molar-refractivity contribution in [3.8, 4) is 0 Å². The third-order valence-corrected chi connectivity index (χ3v) is 4.88. The number of nitrogens with one attached hydrogen (secondary N) is 1. The first-order chi connectivity index (χ1) is 8.02. The molecule has 2 fully saturated rings. The Balaban J connectivity index is 2.32. The summed E-state index contributed by atoms with van der Waals surface area (Å²) in [6.45, 7) is 17.1. The van der Waals surface area contributed by atoms with Gasteiger partial charge >= 0.3 is 0 Å². The number of rotatable bonds is 1. The predicted molar refractivity (Wildman–Crippen MR) is 73.8 cm³/mol. The lowest BCUT2D eigenvalue weighted by Gasteiger charge is -2.52. The molecule has 2 atom stereocenters. The normalized spacial score (nSPS) is 42.7. The van der Waals surface area contributed by atoms with Gasteiger partial charge in [0.25, 0.3) is 0 Å². The van der Waals surface area contributed by atoms with Crippen LogP contribution in [0.25, 0.3) is 0 Å². The highest BCUT2D eigenvalue weighted by molar-refractivity contribution is 5.12. The largest absolute Gasteiger partial charge is 0.367 e. The maximum atomic E-state index is 6.65. The molecule has 0 amide bonds. The van der Waals surface area contributed by atoms with Gasteiger partial charge in [0, 0.05) is 19.5 Å². The molecule has 1 spiro atoms. The molecule has 2 saturated heterocycles. The van der Waals surface area contributed by atoms with Crippen LogP contribution in [0.3, 0.4) is 0 Å². The molecule has 1 N–H and O–H groups in total. The molecule has 0 aromatic rings. The lowest BCUT2D eigenvalue weighted by Crippen LogP contribution is -2.66. The summed E-state index contributed by atoms with van der Waals surface area (Å²) in [6, 6.07) is 0. The quantitative estimate of drug-likeness (QED) is 0.781. The van der Waals surface area contributed by atoms with Crippen LogP contribution in [0.5, 0.6) is 0 Å². The molecule has 0 aliphatic carbocycles. The Morgan fingerprint density at radius 2 is 1.56 bits per heavy atom. The van der Waals surface area contributed by atoms with Gasteiger partial charge in [-0.2, -0.15) is 0 Å². The monoisotopic (exact) mass is 255 g/mol. The SMILES string of the molecule is CC(C)C1(C)CNCC2(CC(C)(C)OC2(C)C)O1. The summed E-state index contributed by atoms with van der Waals surface area (Å²) in [5.74, 6) is 0.488. The van der Waals surface area contributed by atoms with Gasteiger partial charge in [-0.15, -0.1) is 0 Å². The highest BCUT2D eigenvalue weighted by Gasteiger charge is 2.61. The van der Waals surface area contributed by atoms with E-state index in [9.17, 15) is 0 Å². The van der Waals surface area contributed by atoms with E-state index in [0.717, 1.165) is 19.5 Å². The van der Waals surface area contributed by atoms with Crippen LogP contribution in [0, 0.1) is 5.92 Å². The molecule has 2 unspecified atom stereocenters. The third-order valence-electron chi connectivity index (χ3n) is 4.88. The van der Waals surface area contributed by atoms with Crippen LogP contribution < -0.4 is 5.32 Å². The van der Waals surface area contributed by atoms with Gasteiger partial charge in [0.05, 0.1) is 16.8 Å². The van der Waals surface area contributed by atoms with Gasteiger partial charge in [-0.1, -0.05) is 13.8 Å². The van der Waals surface area contributed by atoms with Gasteiger partial charge in [0.1, 0.15) is 5.60 Å². The van der Waals surface area contributed by atoms with Crippen molar-refractivity contribution in [1.29, 1.82) is 0 Å². The van der Waals surface area contributed by atoms with Crippen molar-refractivity contribution in [2.45, 2.75) is 77.3 Å². The summed E-state index contributed by atoms with van der Waals surface area (Å²) >= 11 is 0. The van der Waals surface area contributed by atoms with E-state index in [1.165, 1.54) is 0 Å². The molecule has 2 aliphatic rings. The summed E-state index contributed by atoms with van der Waals surface area (Å²) < 4.78 is 12.9. The average Bonchev–Trinajstić information content (AvgIpc) is 2.30. The van der Waals surface area contributed by atoms with Crippen LogP contribution in [-0.2, 0) is 9.47 Å². The predicted octanol–water partition coefficient (Wildman–Crippen LogP) is 2.74. The van der Waals surface area contributed by atoms with Crippen molar-refractivity contribution in [2.75, 3.05) is 13.1 Å². The Bertz CT molecular complexity index is 337. The Hall–Kier alpha value is -0.120. The average molecular weight is 255 g/mol. The minimum atomic E-state index is -0.250. The zero-order valence-corrected chi connectivity index (χ0v) is 13.0. The Morgan fingerprint density at radius 3 is 2.00 bits per heavy atom. The number of hydrogen-bond donors (Lipinski definition) is 1. The number of ether oxygens (including phenoxy) is 2. The van der Waals surface area contributed by atoms with Crippen LogP contribution in [0.4, 0.5) is 0 Å². The maximum absolute atomic E-state index is 6.65. The Morgan fingerprint density at radius 1 is 0.944 bits per heavy atom. The molecule has 18 heavy (non-hydrogen) atoms. The van der Waals surface area contributed by atoms with E-state index >= 15 is 0 Å². The summed E-state index contributed by atoms with van der Waals surface area (Å²) in [5, 5.41) is 3.58. The summed E-state index contributed by atoms with van der Waals surface area (Å²) in [4.78, 5) is 0. The van der Waals surface area contributed by atoms with E-state index in [1.807, 2.05) is 0 Å². The molecule has 0 radical (unpaired) electrons. The van der Waals surface area contributed by atoms with E-state index in [4.69, 9.17) is 9.47 Å². The molecule has 2 aliphatic heterocycles. The first kappa shape index (κ1) is 14.3. The van der Waals surface area contributed by atoms with E-state index in [1.54, 1.807) is 0 Å². The van der Waals surface area contributed by atoms with Crippen molar-refractivity contribution < 1.29 is 9.47 Å². The highest BCUT2D eigenvalue weighted by atomic mass is 16.6. The van der Waals surface area contributed by atoms with Gasteiger partial charge in [-0.3, -0.25) is 0 Å². The van der Waals surface area contributed by atoms with Gasteiger partial charge < -0.3 is 14.8 Å². The molecule has 0 aromatic carbocycles. The standard InChI is InChI=1S/C15H29NO2/c1-11(2)14(7)9-16-10-15(18-14)8-12(3,4)17-13(15,5)6/h11,16H,8-10H2,1-7H3. The first-order valence-electron chi connectivity index (χ1n) is 7.13. The van der Waals surface area contributed by atoms with Crippen molar-refractivity contribution in [3.05, 3.63) is 0 Å². The fourth-order valence-corrected chi connectivity index (χ4v) is 3.51. The van der Waals surface area contributed by atoms with Crippen LogP contribution in [0.2, 0.25) is 0 Å². The van der Waals surface area contributed by atoms with Crippen LogP contribution in [-0.4, -0.2) is 35.5 Å². The first-order valence-corrected chi connectivity index (χ1v) is 7.13. The van der Waals surface area contributed by atoms with Gasteiger partial charge in [-0.25, -0.2) is 0 Å². The topological polar surface area (TPSA) is 30.5 Å². The fraction of sp³-hybridized carbons (Fsp3) is 1.00. The Labute approximate surface area is 112 Å². The zero-order chi connectivity index (χ0) is 13.8. The van der Waals surface area contributed by atoms with E-state index < -0.39 is 0 Å². The third kappa shape index (κ3) is 2.10. The second-order valence-corrected chi connectivity index (χ2v) is 7.72. The van der Waals surface area contributed by atoms with Crippen molar-refractivity contribution in [1.82, 2.24) is 5.32 Å². The molecule has 0 aromatic heterocycles. The van der Waals surface area contributed by atoms with Crippen molar-refractivity contribution >= 4 is 0 Å². The Kier molecular flexibility index (Phi) is 3.13. The van der Waals surface area contributed by atoms with Gasteiger partial charge in [-0.05, 0) is 40.5 Å². The fourth-order valence-electron chi connectivity index (χ4n) is 3.51. The molecular formula is C15H29NO2. The lowest BCUT2D eigenvalue weighted by molar-refractivity contribution is -0.232. The van der Waals surface area contributed by atoms with Crippen LogP contribution in [0.1, 0.15) is 54.9 Å². The van der Waals surface area contributed by atoms with Crippen molar-refractivity contribution in [2.24, 2.45) is 5.92 Å².